The fourth-order valence-electron chi connectivity index (χ4n) is 0.890. The first-order chi connectivity index (χ1) is 5.86. The molecule has 2 atom stereocenters. The summed E-state index contributed by atoms with van der Waals surface area (Å²) in [5.41, 5.74) is 0. The molecule has 0 aliphatic heterocycles. The van der Waals surface area contributed by atoms with E-state index in [0.29, 0.717) is 0 Å². The highest BCUT2D eigenvalue weighted by Crippen LogP contribution is 2.02. The number of rotatable bonds is 5. The van der Waals surface area contributed by atoms with Crippen molar-refractivity contribution in [3.05, 3.63) is 0 Å². The van der Waals surface area contributed by atoms with Crippen molar-refractivity contribution in [3.63, 3.8) is 0 Å². The van der Waals surface area contributed by atoms with Crippen LogP contribution in [0.2, 0.25) is 0 Å². The van der Waals surface area contributed by atoms with Crippen molar-refractivity contribution >= 4 is 24.3 Å². The summed E-state index contributed by atoms with van der Waals surface area (Å²) in [5.74, 6) is -2.21. The maximum atomic E-state index is 10.6. The maximum Gasteiger partial charge on any atom is 0.320 e. The number of carboxylic acid groups (broad SMARTS) is 2. The minimum Gasteiger partial charge on any atom is -0.480 e. The summed E-state index contributed by atoms with van der Waals surface area (Å²) in [4.78, 5) is 21.1. The van der Waals surface area contributed by atoms with Gasteiger partial charge in [0.1, 0.15) is 12.1 Å². The minimum absolute atomic E-state index is 0. The second kappa shape index (κ2) is 6.62. The number of halogens is 1. The molecule has 0 unspecified atom stereocenters. The largest absolute Gasteiger partial charge is 0.480 e. The average Bonchev–Trinajstić information content (AvgIpc) is 1.97. The van der Waals surface area contributed by atoms with Gasteiger partial charge in [-0.3, -0.25) is 14.9 Å². The van der Waals surface area contributed by atoms with Crippen LogP contribution in [-0.2, 0) is 9.59 Å². The van der Waals surface area contributed by atoms with E-state index in [4.69, 9.17) is 10.2 Å². The van der Waals surface area contributed by atoms with Crippen LogP contribution in [0, 0.1) is 5.92 Å². The van der Waals surface area contributed by atoms with Gasteiger partial charge in [0.25, 0.3) is 0 Å². The van der Waals surface area contributed by atoms with Gasteiger partial charge in [-0.25, -0.2) is 0 Å². The molecule has 0 aromatic carbocycles. The zero-order valence-electron chi connectivity index (χ0n) is 8.35. The summed E-state index contributed by atoms with van der Waals surface area (Å²) in [5, 5.41) is 19.8. The highest BCUT2D eigenvalue weighted by Gasteiger charge is 2.25. The number of carboxylic acids is 2. The molecule has 0 amide bonds. The fraction of sp³-hybridized carbons (Fsp3) is 0.750. The van der Waals surface area contributed by atoms with Crippen LogP contribution >= 0.6 is 12.4 Å². The van der Waals surface area contributed by atoms with Gasteiger partial charge >= 0.3 is 11.9 Å². The number of carbonyl (C=O) groups is 2. The van der Waals surface area contributed by atoms with Gasteiger partial charge in [0.2, 0.25) is 0 Å². The lowest BCUT2D eigenvalue weighted by Gasteiger charge is -2.20. The van der Waals surface area contributed by atoms with E-state index >= 15 is 0 Å². The molecule has 0 aliphatic rings. The molecule has 84 valence electrons. The molecule has 0 spiro atoms. The zero-order chi connectivity index (χ0) is 10.6. The maximum absolute atomic E-state index is 10.6. The van der Waals surface area contributed by atoms with E-state index in [1.165, 1.54) is 6.92 Å². The Morgan fingerprint density at radius 3 is 1.71 bits per heavy atom. The van der Waals surface area contributed by atoms with Crippen molar-refractivity contribution in [2.24, 2.45) is 5.92 Å². The Hall–Kier alpha value is -0.810. The minimum atomic E-state index is -1.05. The Morgan fingerprint density at radius 1 is 1.07 bits per heavy atom. The molecule has 0 radical (unpaired) electrons. The number of hydrogen-bond acceptors (Lipinski definition) is 3. The molecule has 0 saturated heterocycles. The fourth-order valence-corrected chi connectivity index (χ4v) is 0.890. The Labute approximate surface area is 88.9 Å². The number of hydrogen-bond donors (Lipinski definition) is 3. The van der Waals surface area contributed by atoms with Crippen molar-refractivity contribution in [3.8, 4) is 0 Å². The first kappa shape index (κ1) is 15.7. The standard InChI is InChI=1S/C8H15NO4.ClH/c1-4(2)6(8(12)13)9-5(3)7(10)11;/h4-6,9H,1-3H3,(H,10,11)(H,12,13);1H/t5-,6-;/m0./s1. The van der Waals surface area contributed by atoms with Crippen LogP contribution in [0.15, 0.2) is 0 Å². The van der Waals surface area contributed by atoms with Gasteiger partial charge in [0, 0.05) is 0 Å². The van der Waals surface area contributed by atoms with Gasteiger partial charge in [-0.15, -0.1) is 12.4 Å². The molecule has 0 aromatic heterocycles. The van der Waals surface area contributed by atoms with E-state index in [2.05, 4.69) is 5.32 Å². The Morgan fingerprint density at radius 2 is 1.50 bits per heavy atom. The van der Waals surface area contributed by atoms with Crippen LogP contribution in [0.4, 0.5) is 0 Å². The van der Waals surface area contributed by atoms with E-state index in [1.807, 2.05) is 0 Å². The second-order valence-corrected chi connectivity index (χ2v) is 3.29. The van der Waals surface area contributed by atoms with E-state index < -0.39 is 24.0 Å². The summed E-state index contributed by atoms with van der Waals surface area (Å²) in [6.45, 7) is 4.86. The number of aliphatic carboxylic acids is 2. The van der Waals surface area contributed by atoms with Crippen LogP contribution in [0.5, 0.6) is 0 Å². The lowest BCUT2D eigenvalue weighted by molar-refractivity contribution is -0.143. The molecule has 5 nitrogen and oxygen atoms in total. The smallest absolute Gasteiger partial charge is 0.320 e. The first-order valence-electron chi connectivity index (χ1n) is 4.08. The van der Waals surface area contributed by atoms with Crippen LogP contribution in [0.3, 0.4) is 0 Å². The molecule has 0 fully saturated rings. The van der Waals surface area contributed by atoms with Crippen molar-refractivity contribution in [1.29, 1.82) is 0 Å². The summed E-state index contributed by atoms with van der Waals surface area (Å²) in [6.07, 6.45) is 0. The summed E-state index contributed by atoms with van der Waals surface area (Å²) in [6, 6.07) is -1.66. The number of nitrogens with one attached hydrogen (secondary N) is 1. The monoisotopic (exact) mass is 225 g/mol. The van der Waals surface area contributed by atoms with Crippen LogP contribution in [0.25, 0.3) is 0 Å². The SMILES string of the molecule is CC(C)[C@H](N[C@@H](C)C(=O)O)C(=O)O.Cl. The first-order valence-corrected chi connectivity index (χ1v) is 4.08. The second-order valence-electron chi connectivity index (χ2n) is 3.29. The van der Waals surface area contributed by atoms with Gasteiger partial charge in [-0.1, -0.05) is 13.8 Å². The van der Waals surface area contributed by atoms with E-state index in [9.17, 15) is 9.59 Å². The third-order valence-electron chi connectivity index (χ3n) is 1.73. The predicted octanol–water partition coefficient (Wildman–Crippen LogP) is 0.580. The van der Waals surface area contributed by atoms with Gasteiger partial charge < -0.3 is 10.2 Å². The van der Waals surface area contributed by atoms with E-state index in [-0.39, 0.29) is 18.3 Å². The van der Waals surface area contributed by atoms with Crippen molar-refractivity contribution in [2.75, 3.05) is 0 Å². The molecule has 6 heteroatoms. The topological polar surface area (TPSA) is 86.6 Å². The van der Waals surface area contributed by atoms with Crippen molar-refractivity contribution in [2.45, 2.75) is 32.9 Å². The molecule has 0 rings (SSSR count). The van der Waals surface area contributed by atoms with Gasteiger partial charge in [-0.2, -0.15) is 0 Å². The molecule has 0 saturated carbocycles. The van der Waals surface area contributed by atoms with Crippen molar-refractivity contribution in [1.82, 2.24) is 5.32 Å². The van der Waals surface area contributed by atoms with Crippen LogP contribution < -0.4 is 5.32 Å². The van der Waals surface area contributed by atoms with Crippen molar-refractivity contribution < 1.29 is 19.8 Å². The molecule has 0 heterocycles. The molecular weight excluding hydrogens is 210 g/mol. The average molecular weight is 226 g/mol. The molecule has 3 N–H and O–H groups in total. The third kappa shape index (κ3) is 5.04. The molecule has 0 bridgehead atoms. The highest BCUT2D eigenvalue weighted by atomic mass is 35.5. The summed E-state index contributed by atoms with van der Waals surface area (Å²) in [7, 11) is 0. The third-order valence-corrected chi connectivity index (χ3v) is 1.73. The van der Waals surface area contributed by atoms with Crippen LogP contribution in [-0.4, -0.2) is 34.2 Å². The highest BCUT2D eigenvalue weighted by molar-refractivity contribution is 5.85. The van der Waals surface area contributed by atoms with Crippen LogP contribution in [0.1, 0.15) is 20.8 Å². The lowest BCUT2D eigenvalue weighted by atomic mass is 10.0. The summed E-state index contributed by atoms with van der Waals surface area (Å²) >= 11 is 0. The summed E-state index contributed by atoms with van der Waals surface area (Å²) < 4.78 is 0. The molecule has 0 aromatic rings. The molecular formula is C8H16ClNO4. The quantitative estimate of drug-likeness (QED) is 0.637. The molecule has 14 heavy (non-hydrogen) atoms. The Kier molecular flexibility index (Phi) is 7.40. The van der Waals surface area contributed by atoms with E-state index in [0.717, 1.165) is 0 Å². The van der Waals surface area contributed by atoms with Gasteiger partial charge in [-0.05, 0) is 12.8 Å². The zero-order valence-corrected chi connectivity index (χ0v) is 9.17. The van der Waals surface area contributed by atoms with Gasteiger partial charge in [0.05, 0.1) is 0 Å². The lowest BCUT2D eigenvalue weighted by Crippen LogP contribution is -2.48. The Balaban J connectivity index is 0. The van der Waals surface area contributed by atoms with E-state index in [1.54, 1.807) is 13.8 Å². The van der Waals surface area contributed by atoms with Gasteiger partial charge in [0.15, 0.2) is 0 Å². The normalized spacial score (nSPS) is 14.3. The molecule has 0 aliphatic carbocycles. The Bertz CT molecular complexity index is 208. The predicted molar refractivity (Wildman–Crippen MR) is 53.7 cm³/mol.